The van der Waals surface area contributed by atoms with Crippen molar-refractivity contribution in [2.75, 3.05) is 0 Å². The Morgan fingerprint density at radius 2 is 2.22 bits per heavy atom. The van der Waals surface area contributed by atoms with Crippen LogP contribution in [0.2, 0.25) is 0 Å². The highest BCUT2D eigenvalue weighted by Gasteiger charge is 2.10. The molecule has 0 saturated heterocycles. The quantitative estimate of drug-likeness (QED) is 0.782. The molecule has 2 radical (unpaired) electrons. The van der Waals surface area contributed by atoms with Gasteiger partial charge in [0.1, 0.15) is 16.8 Å². The molecular weight excluding hydrogens is 245 g/mol. The normalized spacial score (nSPS) is 10.3. The SMILES string of the molecule is [B]c1nsc(-c2ccc(OC(C)C)c(C#N)c2)n1. The van der Waals surface area contributed by atoms with E-state index >= 15 is 0 Å². The van der Waals surface area contributed by atoms with E-state index in [-0.39, 0.29) is 11.8 Å². The molecule has 0 aliphatic rings. The van der Waals surface area contributed by atoms with Gasteiger partial charge in [-0.25, -0.2) is 4.98 Å². The molecule has 1 heterocycles. The number of nitriles is 1. The molecule has 0 atom stereocenters. The molecule has 0 spiro atoms. The molecule has 0 unspecified atom stereocenters. The summed E-state index contributed by atoms with van der Waals surface area (Å²) in [6, 6.07) is 7.47. The van der Waals surface area contributed by atoms with Gasteiger partial charge in [0.15, 0.2) is 7.85 Å². The van der Waals surface area contributed by atoms with Crippen LogP contribution in [0, 0.1) is 11.3 Å². The molecule has 0 bridgehead atoms. The zero-order valence-electron chi connectivity index (χ0n) is 10.0. The van der Waals surface area contributed by atoms with Gasteiger partial charge in [-0.3, -0.25) is 0 Å². The second kappa shape index (κ2) is 5.19. The van der Waals surface area contributed by atoms with Crippen LogP contribution in [0.5, 0.6) is 5.75 Å². The first-order chi connectivity index (χ1) is 8.60. The van der Waals surface area contributed by atoms with Crippen molar-refractivity contribution in [2.24, 2.45) is 0 Å². The van der Waals surface area contributed by atoms with E-state index in [0.717, 1.165) is 5.56 Å². The number of ether oxygens (including phenoxy) is 1. The van der Waals surface area contributed by atoms with E-state index in [4.69, 9.17) is 17.8 Å². The Morgan fingerprint density at radius 3 is 2.78 bits per heavy atom. The first-order valence-corrected chi connectivity index (χ1v) is 6.18. The smallest absolute Gasteiger partial charge is 0.171 e. The summed E-state index contributed by atoms with van der Waals surface area (Å²) in [5, 5.41) is 9.82. The Balaban J connectivity index is 2.39. The minimum absolute atomic E-state index is 0.0279. The first-order valence-electron chi connectivity index (χ1n) is 5.40. The largest absolute Gasteiger partial charge is 0.490 e. The highest BCUT2D eigenvalue weighted by Crippen LogP contribution is 2.27. The third-order valence-electron chi connectivity index (χ3n) is 2.15. The summed E-state index contributed by atoms with van der Waals surface area (Å²) in [5.74, 6) is 0.578. The number of hydrogen-bond acceptors (Lipinski definition) is 5. The third kappa shape index (κ3) is 2.69. The fourth-order valence-electron chi connectivity index (χ4n) is 1.46. The molecule has 2 rings (SSSR count). The molecule has 2 aromatic rings. The second-order valence-corrected chi connectivity index (χ2v) is 4.70. The maximum absolute atomic E-state index is 9.12. The van der Waals surface area contributed by atoms with Crippen LogP contribution in [0.1, 0.15) is 19.4 Å². The van der Waals surface area contributed by atoms with Gasteiger partial charge in [-0.2, -0.15) is 9.64 Å². The third-order valence-corrected chi connectivity index (χ3v) is 2.93. The van der Waals surface area contributed by atoms with Crippen LogP contribution in [0.4, 0.5) is 0 Å². The van der Waals surface area contributed by atoms with Gasteiger partial charge in [-0.05, 0) is 43.6 Å². The second-order valence-electron chi connectivity index (χ2n) is 3.95. The van der Waals surface area contributed by atoms with Crippen molar-refractivity contribution < 1.29 is 4.74 Å². The van der Waals surface area contributed by atoms with Gasteiger partial charge in [0.2, 0.25) is 0 Å². The maximum atomic E-state index is 9.12. The van der Waals surface area contributed by atoms with E-state index in [0.29, 0.717) is 16.3 Å². The van der Waals surface area contributed by atoms with E-state index in [1.54, 1.807) is 12.1 Å². The van der Waals surface area contributed by atoms with Crippen LogP contribution in [0.15, 0.2) is 18.2 Å². The van der Waals surface area contributed by atoms with Gasteiger partial charge in [0.25, 0.3) is 0 Å². The van der Waals surface area contributed by atoms with Crippen molar-refractivity contribution in [1.29, 1.82) is 5.26 Å². The van der Waals surface area contributed by atoms with E-state index < -0.39 is 0 Å². The van der Waals surface area contributed by atoms with Crippen LogP contribution in [-0.2, 0) is 0 Å². The van der Waals surface area contributed by atoms with Gasteiger partial charge >= 0.3 is 0 Å². The molecule has 6 heteroatoms. The van der Waals surface area contributed by atoms with E-state index in [9.17, 15) is 0 Å². The Labute approximate surface area is 111 Å². The molecule has 4 nitrogen and oxygen atoms in total. The lowest BCUT2D eigenvalue weighted by atomic mass is 10.1. The van der Waals surface area contributed by atoms with Gasteiger partial charge in [-0.15, -0.1) is 0 Å². The highest BCUT2D eigenvalue weighted by molar-refractivity contribution is 7.09. The Hall–Kier alpha value is -1.87. The van der Waals surface area contributed by atoms with Crippen molar-refractivity contribution in [1.82, 2.24) is 9.36 Å². The molecule has 1 aromatic carbocycles. The summed E-state index contributed by atoms with van der Waals surface area (Å²) in [5.41, 5.74) is 1.54. The molecule has 0 saturated carbocycles. The molecular formula is C12H10BN3OS. The molecule has 18 heavy (non-hydrogen) atoms. The fraction of sp³-hybridized carbons (Fsp3) is 0.250. The molecule has 1 aromatic heterocycles. The Bertz CT molecular complexity index is 604. The average Bonchev–Trinajstić information content (AvgIpc) is 2.75. The van der Waals surface area contributed by atoms with E-state index in [2.05, 4.69) is 15.4 Å². The van der Waals surface area contributed by atoms with E-state index in [1.165, 1.54) is 11.5 Å². The summed E-state index contributed by atoms with van der Waals surface area (Å²) >= 11 is 1.21. The summed E-state index contributed by atoms with van der Waals surface area (Å²) in [7, 11) is 5.48. The summed E-state index contributed by atoms with van der Waals surface area (Å²) in [4.78, 5) is 4.08. The van der Waals surface area contributed by atoms with Crippen LogP contribution >= 0.6 is 11.5 Å². The van der Waals surface area contributed by atoms with Crippen LogP contribution < -0.4 is 10.5 Å². The van der Waals surface area contributed by atoms with Gasteiger partial charge < -0.3 is 4.74 Å². The highest BCUT2D eigenvalue weighted by atomic mass is 32.1. The number of aromatic nitrogens is 2. The zero-order valence-corrected chi connectivity index (χ0v) is 10.9. The van der Waals surface area contributed by atoms with Crippen LogP contribution in [-0.4, -0.2) is 23.3 Å². The molecule has 0 N–H and O–H groups in total. The first kappa shape index (κ1) is 12.6. The predicted octanol–water partition coefficient (Wildman–Crippen LogP) is 1.66. The number of nitrogens with zero attached hydrogens (tertiary/aromatic N) is 3. The lowest BCUT2D eigenvalue weighted by Crippen LogP contribution is -2.07. The van der Waals surface area contributed by atoms with Crippen molar-refractivity contribution in [2.45, 2.75) is 20.0 Å². The van der Waals surface area contributed by atoms with Crippen molar-refractivity contribution in [3.8, 4) is 22.4 Å². The Morgan fingerprint density at radius 1 is 1.44 bits per heavy atom. The Kier molecular flexibility index (Phi) is 3.63. The number of benzene rings is 1. The summed E-state index contributed by atoms with van der Waals surface area (Å²) < 4.78 is 9.47. The lowest BCUT2D eigenvalue weighted by Gasteiger charge is -2.11. The molecule has 0 amide bonds. The molecule has 0 aliphatic heterocycles. The van der Waals surface area contributed by atoms with Crippen LogP contribution in [0.25, 0.3) is 10.6 Å². The predicted molar refractivity (Wildman–Crippen MR) is 71.2 cm³/mol. The lowest BCUT2D eigenvalue weighted by molar-refractivity contribution is 0.242. The topological polar surface area (TPSA) is 58.8 Å². The fourth-order valence-corrected chi connectivity index (χ4v) is 2.05. The number of hydrogen-bond donors (Lipinski definition) is 0. The van der Waals surface area contributed by atoms with E-state index in [1.807, 2.05) is 19.9 Å². The molecule has 0 aliphatic carbocycles. The van der Waals surface area contributed by atoms with Crippen LogP contribution in [0.3, 0.4) is 0 Å². The van der Waals surface area contributed by atoms with Gasteiger partial charge in [0.05, 0.1) is 17.4 Å². The zero-order chi connectivity index (χ0) is 13.1. The monoisotopic (exact) mass is 255 g/mol. The number of rotatable bonds is 3. The minimum Gasteiger partial charge on any atom is -0.490 e. The summed E-state index contributed by atoms with van der Waals surface area (Å²) in [6.07, 6.45) is 0.0279. The molecule has 0 fully saturated rings. The minimum atomic E-state index is 0.0279. The maximum Gasteiger partial charge on any atom is 0.171 e. The average molecular weight is 255 g/mol. The van der Waals surface area contributed by atoms with Crippen molar-refractivity contribution >= 4 is 25.1 Å². The standard InChI is InChI=1S/C12H10BN3OS/c1-7(2)17-10-4-3-8(5-9(10)6-14)11-15-12(13)16-18-11/h3-5,7H,1-2H3. The molecule has 88 valence electrons. The van der Waals surface area contributed by atoms with Gasteiger partial charge in [-0.1, -0.05) is 0 Å². The van der Waals surface area contributed by atoms with Crippen molar-refractivity contribution in [3.63, 3.8) is 0 Å². The summed E-state index contributed by atoms with van der Waals surface area (Å²) in [6.45, 7) is 3.83. The van der Waals surface area contributed by atoms with Gasteiger partial charge in [0, 0.05) is 5.56 Å². The van der Waals surface area contributed by atoms with Crippen molar-refractivity contribution in [3.05, 3.63) is 23.8 Å².